The molecular weight excluding hydrogens is 182 g/mol. The molecule has 1 amide bonds. The quantitative estimate of drug-likeness (QED) is 0.729. The highest BCUT2D eigenvalue weighted by molar-refractivity contribution is 8.08. The van der Waals surface area contributed by atoms with Gasteiger partial charge < -0.3 is 5.32 Å². The summed E-state index contributed by atoms with van der Waals surface area (Å²) in [5.41, 5.74) is 0.876. The number of amides is 1. The molecule has 1 saturated heterocycles. The van der Waals surface area contributed by atoms with Crippen molar-refractivity contribution < 1.29 is 4.79 Å². The Hall–Kier alpha value is -0.960. The number of carbonyl (C=O) groups is 1. The molecule has 13 heavy (non-hydrogen) atoms. The second-order valence-corrected chi connectivity index (χ2v) is 4.82. The van der Waals surface area contributed by atoms with E-state index in [0.29, 0.717) is 0 Å². The third-order valence-electron chi connectivity index (χ3n) is 2.09. The molecular formula is C10H11NOS. The molecule has 1 fully saturated rings. The van der Waals surface area contributed by atoms with Crippen LogP contribution in [0.1, 0.15) is 6.92 Å². The van der Waals surface area contributed by atoms with E-state index in [1.54, 1.807) is 11.8 Å². The molecule has 1 unspecified atom stereocenters. The van der Waals surface area contributed by atoms with E-state index in [1.165, 1.54) is 0 Å². The van der Waals surface area contributed by atoms with Crippen LogP contribution in [0.2, 0.25) is 0 Å². The minimum absolute atomic E-state index is 0.115. The van der Waals surface area contributed by atoms with Crippen molar-refractivity contribution in [1.29, 1.82) is 0 Å². The zero-order valence-corrected chi connectivity index (χ0v) is 8.23. The molecule has 1 atom stereocenters. The lowest BCUT2D eigenvalue weighted by Crippen LogP contribution is -2.26. The molecule has 1 heterocycles. The van der Waals surface area contributed by atoms with Crippen molar-refractivity contribution in [3.05, 3.63) is 30.3 Å². The predicted molar refractivity (Wildman–Crippen MR) is 55.9 cm³/mol. The predicted octanol–water partition coefficient (Wildman–Crippen LogP) is 2.13. The molecule has 0 spiro atoms. The van der Waals surface area contributed by atoms with E-state index in [0.717, 1.165) is 11.4 Å². The van der Waals surface area contributed by atoms with Gasteiger partial charge in [0, 0.05) is 11.4 Å². The summed E-state index contributed by atoms with van der Waals surface area (Å²) < 4.78 is -0.171. The van der Waals surface area contributed by atoms with Crippen LogP contribution in [0.4, 0.5) is 5.69 Å². The van der Waals surface area contributed by atoms with Crippen LogP contribution in [0.5, 0.6) is 0 Å². The van der Waals surface area contributed by atoms with Gasteiger partial charge in [0.25, 0.3) is 0 Å². The van der Waals surface area contributed by atoms with Gasteiger partial charge >= 0.3 is 0 Å². The maximum atomic E-state index is 11.6. The van der Waals surface area contributed by atoms with E-state index in [9.17, 15) is 4.79 Å². The van der Waals surface area contributed by atoms with E-state index in [2.05, 4.69) is 5.32 Å². The summed E-state index contributed by atoms with van der Waals surface area (Å²) in [5.74, 6) is 1.05. The van der Waals surface area contributed by atoms with Gasteiger partial charge in [-0.1, -0.05) is 18.2 Å². The summed E-state index contributed by atoms with van der Waals surface area (Å²) in [6.07, 6.45) is 0. The van der Waals surface area contributed by atoms with Gasteiger partial charge in [-0.05, 0) is 19.1 Å². The van der Waals surface area contributed by atoms with Gasteiger partial charge in [-0.3, -0.25) is 4.79 Å². The molecule has 3 heteroatoms. The van der Waals surface area contributed by atoms with E-state index >= 15 is 0 Å². The average molecular weight is 193 g/mol. The summed E-state index contributed by atoms with van der Waals surface area (Å²) in [6, 6.07) is 9.56. The zero-order chi connectivity index (χ0) is 9.31. The fourth-order valence-corrected chi connectivity index (χ4v) is 1.55. The molecule has 1 aromatic carbocycles. The fraction of sp³-hybridized carbons (Fsp3) is 0.300. The largest absolute Gasteiger partial charge is 0.325 e. The van der Waals surface area contributed by atoms with E-state index in [4.69, 9.17) is 0 Å². The summed E-state index contributed by atoms with van der Waals surface area (Å²) in [5, 5.41) is 2.88. The first kappa shape index (κ1) is 8.63. The number of nitrogens with one attached hydrogen (secondary N) is 1. The normalized spacial score (nSPS) is 25.3. The van der Waals surface area contributed by atoms with E-state index < -0.39 is 0 Å². The number of anilines is 1. The maximum absolute atomic E-state index is 11.6. The number of hydrogen-bond acceptors (Lipinski definition) is 2. The van der Waals surface area contributed by atoms with Gasteiger partial charge in [0.2, 0.25) is 5.91 Å². The summed E-state index contributed by atoms with van der Waals surface area (Å²) >= 11 is 1.69. The van der Waals surface area contributed by atoms with Crippen molar-refractivity contribution in [2.75, 3.05) is 11.1 Å². The Bertz CT molecular complexity index is 319. The Morgan fingerprint density at radius 3 is 2.62 bits per heavy atom. The molecule has 0 saturated carbocycles. The highest BCUT2D eigenvalue weighted by Gasteiger charge is 2.46. The standard InChI is InChI=1S/C10H11NOS/c1-10(7-13-10)9(12)11-8-5-3-2-4-6-8/h2-6H,7H2,1H3,(H,11,12). The fourth-order valence-electron chi connectivity index (χ4n) is 1.02. The first-order valence-electron chi connectivity index (χ1n) is 4.21. The Morgan fingerprint density at radius 2 is 2.08 bits per heavy atom. The number of hydrogen-bond donors (Lipinski definition) is 1. The Kier molecular flexibility index (Phi) is 2.04. The highest BCUT2D eigenvalue weighted by Crippen LogP contribution is 2.44. The van der Waals surface area contributed by atoms with Crippen LogP contribution in [0.3, 0.4) is 0 Å². The molecule has 68 valence electrons. The minimum atomic E-state index is -0.171. The van der Waals surface area contributed by atoms with Crippen LogP contribution in [-0.2, 0) is 4.79 Å². The summed E-state index contributed by atoms with van der Waals surface area (Å²) in [7, 11) is 0. The van der Waals surface area contributed by atoms with Gasteiger partial charge in [0.05, 0.1) is 0 Å². The molecule has 0 aromatic heterocycles. The van der Waals surface area contributed by atoms with Crippen molar-refractivity contribution >= 4 is 23.4 Å². The molecule has 1 N–H and O–H groups in total. The van der Waals surface area contributed by atoms with Gasteiger partial charge in [0.15, 0.2) is 0 Å². The van der Waals surface area contributed by atoms with Gasteiger partial charge in [-0.15, -0.1) is 11.8 Å². The molecule has 0 bridgehead atoms. The van der Waals surface area contributed by atoms with Crippen molar-refractivity contribution in [2.45, 2.75) is 11.7 Å². The van der Waals surface area contributed by atoms with Crippen molar-refractivity contribution in [3.63, 3.8) is 0 Å². The molecule has 1 aliphatic heterocycles. The van der Waals surface area contributed by atoms with Crippen LogP contribution in [-0.4, -0.2) is 16.4 Å². The lowest BCUT2D eigenvalue weighted by atomic mass is 10.2. The Morgan fingerprint density at radius 1 is 1.46 bits per heavy atom. The number of rotatable bonds is 2. The second kappa shape index (κ2) is 3.07. The molecule has 2 rings (SSSR count). The van der Waals surface area contributed by atoms with Gasteiger partial charge in [-0.25, -0.2) is 0 Å². The van der Waals surface area contributed by atoms with Crippen LogP contribution in [0.25, 0.3) is 0 Å². The van der Waals surface area contributed by atoms with Crippen LogP contribution in [0.15, 0.2) is 30.3 Å². The smallest absolute Gasteiger partial charge is 0.241 e. The molecule has 2 nitrogen and oxygen atoms in total. The number of para-hydroxylation sites is 1. The molecule has 0 aliphatic carbocycles. The lowest BCUT2D eigenvalue weighted by molar-refractivity contribution is -0.116. The average Bonchev–Trinajstić information content (AvgIpc) is 2.87. The minimum Gasteiger partial charge on any atom is -0.325 e. The van der Waals surface area contributed by atoms with Crippen LogP contribution < -0.4 is 5.32 Å². The van der Waals surface area contributed by atoms with E-state index in [-0.39, 0.29) is 10.7 Å². The third kappa shape index (κ3) is 1.86. The van der Waals surface area contributed by atoms with E-state index in [1.807, 2.05) is 37.3 Å². The SMILES string of the molecule is CC1(C(=O)Nc2ccccc2)CS1. The number of benzene rings is 1. The Labute approximate surface area is 81.7 Å². The molecule has 0 radical (unpaired) electrons. The summed E-state index contributed by atoms with van der Waals surface area (Å²) in [6.45, 7) is 1.97. The van der Waals surface area contributed by atoms with Gasteiger partial charge in [-0.2, -0.15) is 0 Å². The van der Waals surface area contributed by atoms with Crippen molar-refractivity contribution in [1.82, 2.24) is 0 Å². The molecule has 1 aromatic rings. The maximum Gasteiger partial charge on any atom is 0.241 e. The number of thioether (sulfide) groups is 1. The van der Waals surface area contributed by atoms with Crippen molar-refractivity contribution in [2.24, 2.45) is 0 Å². The van der Waals surface area contributed by atoms with Crippen molar-refractivity contribution in [3.8, 4) is 0 Å². The highest BCUT2D eigenvalue weighted by atomic mass is 32.2. The first-order valence-corrected chi connectivity index (χ1v) is 5.20. The lowest BCUT2D eigenvalue weighted by Gasteiger charge is -2.07. The third-order valence-corrected chi connectivity index (χ3v) is 3.43. The zero-order valence-electron chi connectivity index (χ0n) is 7.41. The number of carbonyl (C=O) groups excluding carboxylic acids is 1. The topological polar surface area (TPSA) is 29.1 Å². The first-order chi connectivity index (χ1) is 6.21. The van der Waals surface area contributed by atoms with Gasteiger partial charge in [0.1, 0.15) is 4.75 Å². The second-order valence-electron chi connectivity index (χ2n) is 3.34. The monoisotopic (exact) mass is 193 g/mol. The summed E-state index contributed by atoms with van der Waals surface area (Å²) in [4.78, 5) is 11.6. The van der Waals surface area contributed by atoms with Crippen LogP contribution in [0, 0.1) is 0 Å². The molecule has 1 aliphatic rings. The Balaban J connectivity index is 2.03. The van der Waals surface area contributed by atoms with Crippen LogP contribution >= 0.6 is 11.8 Å².